The fourth-order valence-electron chi connectivity index (χ4n) is 3.45. The Morgan fingerprint density at radius 3 is 3.00 bits per heavy atom. The molecular formula is C18H22FNO3. The number of rotatable bonds is 2. The summed E-state index contributed by atoms with van der Waals surface area (Å²) in [5.74, 6) is -0.252. The molecule has 1 fully saturated rings. The highest BCUT2D eigenvalue weighted by molar-refractivity contribution is 5.94. The van der Waals surface area contributed by atoms with E-state index in [-0.39, 0.29) is 17.6 Å². The topological polar surface area (TPSA) is 49.8 Å². The van der Waals surface area contributed by atoms with E-state index >= 15 is 0 Å². The number of likely N-dealkylation sites (tertiary alicyclic amines) is 1. The highest BCUT2D eigenvalue weighted by Gasteiger charge is 2.30. The van der Waals surface area contributed by atoms with Crippen molar-refractivity contribution in [2.45, 2.75) is 38.5 Å². The van der Waals surface area contributed by atoms with Crippen LogP contribution in [0, 0.1) is 5.82 Å². The fourth-order valence-corrected chi connectivity index (χ4v) is 3.45. The van der Waals surface area contributed by atoms with Crippen molar-refractivity contribution in [2.24, 2.45) is 0 Å². The molecule has 0 spiro atoms. The van der Waals surface area contributed by atoms with Crippen molar-refractivity contribution in [3.05, 3.63) is 40.9 Å². The molecule has 4 nitrogen and oxygen atoms in total. The molecule has 1 amide bonds. The van der Waals surface area contributed by atoms with Crippen molar-refractivity contribution in [1.82, 2.24) is 4.90 Å². The average Bonchev–Trinajstić information content (AvgIpc) is 2.57. The number of ether oxygens (including phenoxy) is 1. The number of amides is 1. The molecule has 23 heavy (non-hydrogen) atoms. The van der Waals surface area contributed by atoms with E-state index < -0.39 is 5.82 Å². The summed E-state index contributed by atoms with van der Waals surface area (Å²) >= 11 is 0. The van der Waals surface area contributed by atoms with Crippen LogP contribution in [0.1, 0.15) is 44.1 Å². The summed E-state index contributed by atoms with van der Waals surface area (Å²) in [6.07, 6.45) is 3.25. The lowest BCUT2D eigenvalue weighted by Gasteiger charge is -2.34. The number of nitrogens with zero attached hydrogens (tertiary/aromatic N) is 1. The number of carbonyl (C=O) groups excluding carboxylic acids is 1. The van der Waals surface area contributed by atoms with Crippen LogP contribution in [0.25, 0.3) is 0 Å². The Morgan fingerprint density at radius 2 is 2.22 bits per heavy atom. The van der Waals surface area contributed by atoms with Crippen LogP contribution in [-0.4, -0.2) is 35.6 Å². The first-order valence-electron chi connectivity index (χ1n) is 8.17. The van der Waals surface area contributed by atoms with Crippen LogP contribution in [0.2, 0.25) is 0 Å². The highest BCUT2D eigenvalue weighted by atomic mass is 19.1. The molecule has 1 unspecified atom stereocenters. The third-order valence-corrected chi connectivity index (χ3v) is 4.73. The zero-order valence-electron chi connectivity index (χ0n) is 13.3. The van der Waals surface area contributed by atoms with E-state index in [1.807, 2.05) is 6.92 Å². The van der Waals surface area contributed by atoms with Crippen LogP contribution in [0.4, 0.5) is 4.39 Å². The van der Waals surface area contributed by atoms with Crippen LogP contribution >= 0.6 is 0 Å². The molecule has 1 aromatic rings. The first kappa shape index (κ1) is 15.8. The van der Waals surface area contributed by atoms with Crippen LogP contribution in [0.3, 0.4) is 0 Å². The smallest absolute Gasteiger partial charge is 0.253 e. The van der Waals surface area contributed by atoms with Crippen molar-refractivity contribution in [1.29, 1.82) is 0 Å². The van der Waals surface area contributed by atoms with Gasteiger partial charge in [0.2, 0.25) is 0 Å². The summed E-state index contributed by atoms with van der Waals surface area (Å²) in [5.41, 5.74) is 1.24. The summed E-state index contributed by atoms with van der Waals surface area (Å²) < 4.78 is 19.6. The zero-order valence-corrected chi connectivity index (χ0v) is 13.3. The Morgan fingerprint density at radius 1 is 1.39 bits per heavy atom. The number of phenolic OH excluding ortho intramolecular Hbond substituents is 1. The molecule has 0 aromatic heterocycles. The van der Waals surface area contributed by atoms with Gasteiger partial charge in [-0.15, -0.1) is 0 Å². The quantitative estimate of drug-likeness (QED) is 0.910. The molecule has 5 heteroatoms. The van der Waals surface area contributed by atoms with Gasteiger partial charge in [-0.1, -0.05) is 12.1 Å². The van der Waals surface area contributed by atoms with Gasteiger partial charge < -0.3 is 14.7 Å². The van der Waals surface area contributed by atoms with Crippen molar-refractivity contribution in [3.8, 4) is 5.75 Å². The van der Waals surface area contributed by atoms with Crippen molar-refractivity contribution in [2.75, 3.05) is 19.7 Å². The number of halogens is 1. The Balaban J connectivity index is 1.78. The predicted molar refractivity (Wildman–Crippen MR) is 84.5 cm³/mol. The predicted octanol–water partition coefficient (Wildman–Crippen LogP) is 3.32. The molecule has 3 rings (SSSR count). The molecule has 1 aromatic carbocycles. The highest BCUT2D eigenvalue weighted by Crippen LogP contribution is 2.33. The molecule has 0 aliphatic carbocycles. The van der Waals surface area contributed by atoms with E-state index in [2.05, 4.69) is 0 Å². The number of aromatic hydroxyl groups is 1. The van der Waals surface area contributed by atoms with Gasteiger partial charge >= 0.3 is 0 Å². The number of hydrogen-bond acceptors (Lipinski definition) is 3. The monoisotopic (exact) mass is 319 g/mol. The van der Waals surface area contributed by atoms with E-state index in [0.29, 0.717) is 31.0 Å². The SMILES string of the molecule is CC1=C(C(=O)N2CCCC(c3cccc(O)c3F)C2)CCCO1. The van der Waals surface area contributed by atoms with Gasteiger partial charge in [-0.2, -0.15) is 0 Å². The standard InChI is InChI=1S/C18H22FNO3/c1-12-14(7-4-10-23-12)18(22)20-9-3-5-13(11-20)15-6-2-8-16(21)17(15)19/h2,6,8,13,21H,3-5,7,9-11H2,1H3. The summed E-state index contributed by atoms with van der Waals surface area (Å²) in [6.45, 7) is 3.67. The van der Waals surface area contributed by atoms with E-state index in [4.69, 9.17) is 4.74 Å². The molecule has 0 bridgehead atoms. The molecule has 124 valence electrons. The molecular weight excluding hydrogens is 297 g/mol. The first-order valence-corrected chi connectivity index (χ1v) is 8.17. The summed E-state index contributed by atoms with van der Waals surface area (Å²) in [4.78, 5) is 14.5. The minimum absolute atomic E-state index is 0.00691. The van der Waals surface area contributed by atoms with E-state index in [0.717, 1.165) is 31.3 Å². The van der Waals surface area contributed by atoms with Gasteiger partial charge in [-0.05, 0) is 44.2 Å². The van der Waals surface area contributed by atoms with Gasteiger partial charge in [0.1, 0.15) is 5.76 Å². The second-order valence-corrected chi connectivity index (χ2v) is 6.26. The van der Waals surface area contributed by atoms with Crippen molar-refractivity contribution < 1.29 is 19.0 Å². The third-order valence-electron chi connectivity index (χ3n) is 4.73. The maximum atomic E-state index is 14.1. The van der Waals surface area contributed by atoms with Crippen LogP contribution in [-0.2, 0) is 9.53 Å². The second-order valence-electron chi connectivity index (χ2n) is 6.26. The molecule has 2 aliphatic rings. The lowest BCUT2D eigenvalue weighted by molar-refractivity contribution is -0.129. The zero-order chi connectivity index (χ0) is 16.4. The van der Waals surface area contributed by atoms with Gasteiger partial charge in [-0.3, -0.25) is 4.79 Å². The van der Waals surface area contributed by atoms with Crippen LogP contribution in [0.5, 0.6) is 5.75 Å². The second kappa shape index (κ2) is 6.60. The number of phenols is 1. The minimum atomic E-state index is -0.566. The Hall–Kier alpha value is -2.04. The van der Waals surface area contributed by atoms with Crippen LogP contribution in [0.15, 0.2) is 29.5 Å². The number of hydrogen-bond donors (Lipinski definition) is 1. The molecule has 2 heterocycles. The van der Waals surface area contributed by atoms with Crippen LogP contribution < -0.4 is 0 Å². The minimum Gasteiger partial charge on any atom is -0.505 e. The van der Waals surface area contributed by atoms with E-state index in [1.165, 1.54) is 6.07 Å². The number of benzene rings is 1. The molecule has 2 aliphatic heterocycles. The number of allylic oxidation sites excluding steroid dienone is 1. The first-order chi connectivity index (χ1) is 11.1. The van der Waals surface area contributed by atoms with Crippen molar-refractivity contribution in [3.63, 3.8) is 0 Å². The fraction of sp³-hybridized carbons (Fsp3) is 0.500. The lowest BCUT2D eigenvalue weighted by atomic mass is 9.89. The Kier molecular flexibility index (Phi) is 4.55. The van der Waals surface area contributed by atoms with Gasteiger partial charge in [0.15, 0.2) is 11.6 Å². The van der Waals surface area contributed by atoms with Gasteiger partial charge in [0, 0.05) is 19.0 Å². The van der Waals surface area contributed by atoms with Gasteiger partial charge in [0.25, 0.3) is 5.91 Å². The maximum Gasteiger partial charge on any atom is 0.253 e. The summed E-state index contributed by atoms with van der Waals surface area (Å²) in [6, 6.07) is 4.69. The molecule has 1 saturated heterocycles. The lowest BCUT2D eigenvalue weighted by Crippen LogP contribution is -2.40. The Bertz CT molecular complexity index is 641. The Labute approximate surface area is 135 Å². The molecule has 1 atom stereocenters. The summed E-state index contributed by atoms with van der Waals surface area (Å²) in [7, 11) is 0. The summed E-state index contributed by atoms with van der Waals surface area (Å²) in [5, 5.41) is 9.56. The number of piperidine rings is 1. The maximum absolute atomic E-state index is 14.1. The average molecular weight is 319 g/mol. The molecule has 0 saturated carbocycles. The molecule has 0 radical (unpaired) electrons. The molecule has 1 N–H and O–H groups in total. The van der Waals surface area contributed by atoms with Gasteiger partial charge in [-0.25, -0.2) is 4.39 Å². The third kappa shape index (κ3) is 3.19. The van der Waals surface area contributed by atoms with Gasteiger partial charge in [0.05, 0.1) is 12.2 Å². The largest absolute Gasteiger partial charge is 0.505 e. The van der Waals surface area contributed by atoms with E-state index in [1.54, 1.807) is 17.0 Å². The number of carbonyl (C=O) groups is 1. The van der Waals surface area contributed by atoms with E-state index in [9.17, 15) is 14.3 Å². The normalized spacial score (nSPS) is 22.0. The van der Waals surface area contributed by atoms with Crippen molar-refractivity contribution >= 4 is 5.91 Å².